The van der Waals surface area contributed by atoms with Crippen LogP contribution in [0.15, 0.2) is 36.5 Å². The lowest BCUT2D eigenvalue weighted by Gasteiger charge is -2.09. The number of carbonyl (C=O) groups is 1. The Bertz CT molecular complexity index is 610. The van der Waals surface area contributed by atoms with Crippen LogP contribution in [0.5, 0.6) is 5.75 Å². The van der Waals surface area contributed by atoms with Gasteiger partial charge in [-0.05, 0) is 18.2 Å². The second kappa shape index (κ2) is 6.45. The summed E-state index contributed by atoms with van der Waals surface area (Å²) in [6.45, 7) is 0.878. The van der Waals surface area contributed by atoms with Crippen molar-refractivity contribution in [3.63, 3.8) is 0 Å². The van der Waals surface area contributed by atoms with Gasteiger partial charge in [-0.3, -0.25) is 4.79 Å². The van der Waals surface area contributed by atoms with Gasteiger partial charge in [-0.25, -0.2) is 0 Å². The van der Waals surface area contributed by atoms with Crippen molar-refractivity contribution in [3.8, 4) is 5.75 Å². The number of carbonyl (C=O) groups excluding carboxylic acids is 1. The predicted molar refractivity (Wildman–Crippen MR) is 79.4 cm³/mol. The first-order valence-electron chi connectivity index (χ1n) is 6.16. The molecule has 0 saturated carbocycles. The molecule has 6 heteroatoms. The van der Waals surface area contributed by atoms with Crippen molar-refractivity contribution in [1.29, 1.82) is 0 Å². The minimum absolute atomic E-state index is 0.227. The Morgan fingerprint density at radius 3 is 2.90 bits per heavy atom. The van der Waals surface area contributed by atoms with Crippen LogP contribution in [0.1, 0.15) is 10.5 Å². The number of hydrogen-bond acceptors (Lipinski definition) is 3. The van der Waals surface area contributed by atoms with E-state index in [1.165, 1.54) is 0 Å². The molecular weight excluding hydrogens is 278 g/mol. The van der Waals surface area contributed by atoms with Gasteiger partial charge in [0.15, 0.2) is 0 Å². The summed E-state index contributed by atoms with van der Waals surface area (Å²) in [6.07, 6.45) is 1.68. The third-order valence-corrected chi connectivity index (χ3v) is 2.89. The number of aromatic nitrogens is 1. The van der Waals surface area contributed by atoms with Crippen LogP contribution >= 0.6 is 11.6 Å². The smallest absolute Gasteiger partial charge is 0.272 e. The van der Waals surface area contributed by atoms with Crippen molar-refractivity contribution in [2.24, 2.45) is 12.8 Å². The SMILES string of the molecule is Cn1cc(Cl)cc1C(=O)Nc1cccc(OCCN)c1. The fourth-order valence-corrected chi connectivity index (χ4v) is 2.04. The first-order valence-corrected chi connectivity index (χ1v) is 6.54. The van der Waals surface area contributed by atoms with E-state index in [1.807, 2.05) is 6.07 Å². The number of benzene rings is 1. The molecule has 0 aliphatic heterocycles. The van der Waals surface area contributed by atoms with Gasteiger partial charge in [-0.15, -0.1) is 0 Å². The lowest BCUT2D eigenvalue weighted by atomic mass is 10.3. The number of nitrogens with two attached hydrogens (primary N) is 1. The maximum atomic E-state index is 12.1. The third-order valence-electron chi connectivity index (χ3n) is 2.68. The highest BCUT2D eigenvalue weighted by Crippen LogP contribution is 2.19. The van der Waals surface area contributed by atoms with Crippen LogP contribution in [0.2, 0.25) is 5.02 Å². The second-order valence-corrected chi connectivity index (χ2v) is 4.71. The number of ether oxygens (including phenoxy) is 1. The summed E-state index contributed by atoms with van der Waals surface area (Å²) in [7, 11) is 1.77. The van der Waals surface area contributed by atoms with Crippen molar-refractivity contribution < 1.29 is 9.53 Å². The van der Waals surface area contributed by atoms with E-state index in [9.17, 15) is 4.79 Å². The zero-order chi connectivity index (χ0) is 14.5. The highest BCUT2D eigenvalue weighted by Gasteiger charge is 2.11. The van der Waals surface area contributed by atoms with Crippen LogP contribution < -0.4 is 15.8 Å². The summed E-state index contributed by atoms with van der Waals surface area (Å²) in [5, 5.41) is 3.33. The normalized spacial score (nSPS) is 10.3. The molecule has 2 rings (SSSR count). The number of nitrogens with zero attached hydrogens (tertiary/aromatic N) is 1. The predicted octanol–water partition coefficient (Wildman–Crippen LogP) is 2.27. The molecule has 0 spiro atoms. The standard InChI is InChI=1S/C14H16ClN3O2/c1-18-9-10(15)7-13(18)14(19)17-11-3-2-4-12(8-11)20-6-5-16/h2-4,7-9H,5-6,16H2,1H3,(H,17,19). The molecule has 0 saturated heterocycles. The molecule has 3 N–H and O–H groups in total. The first-order chi connectivity index (χ1) is 9.60. The molecule has 0 radical (unpaired) electrons. The van der Waals surface area contributed by atoms with E-state index >= 15 is 0 Å². The van der Waals surface area contributed by atoms with Gasteiger partial charge in [0.1, 0.15) is 18.1 Å². The van der Waals surface area contributed by atoms with E-state index in [1.54, 1.807) is 42.1 Å². The number of anilines is 1. The highest BCUT2D eigenvalue weighted by molar-refractivity contribution is 6.31. The molecule has 106 valence electrons. The summed E-state index contributed by atoms with van der Waals surface area (Å²) >= 11 is 5.86. The van der Waals surface area contributed by atoms with Crippen LogP contribution in [0.3, 0.4) is 0 Å². The summed E-state index contributed by atoms with van der Waals surface area (Å²) in [5.41, 5.74) is 6.52. The summed E-state index contributed by atoms with van der Waals surface area (Å²) < 4.78 is 7.08. The van der Waals surface area contributed by atoms with E-state index in [2.05, 4.69) is 5.32 Å². The molecule has 2 aromatic rings. The van der Waals surface area contributed by atoms with Gasteiger partial charge >= 0.3 is 0 Å². The van der Waals surface area contributed by atoms with Gasteiger partial charge in [0, 0.05) is 31.5 Å². The average Bonchev–Trinajstić information content (AvgIpc) is 2.76. The van der Waals surface area contributed by atoms with Crippen molar-refractivity contribution in [1.82, 2.24) is 4.57 Å². The zero-order valence-electron chi connectivity index (χ0n) is 11.1. The lowest BCUT2D eigenvalue weighted by Crippen LogP contribution is -2.15. The van der Waals surface area contributed by atoms with Crippen molar-refractivity contribution >= 4 is 23.2 Å². The lowest BCUT2D eigenvalue weighted by molar-refractivity contribution is 0.101. The Morgan fingerprint density at radius 2 is 2.25 bits per heavy atom. The Kier molecular flexibility index (Phi) is 4.65. The van der Waals surface area contributed by atoms with E-state index in [4.69, 9.17) is 22.1 Å². The first kappa shape index (κ1) is 14.4. The molecule has 1 aromatic carbocycles. The number of nitrogens with one attached hydrogen (secondary N) is 1. The third kappa shape index (κ3) is 3.53. The topological polar surface area (TPSA) is 69.3 Å². The fraction of sp³-hybridized carbons (Fsp3) is 0.214. The Balaban J connectivity index is 2.09. The van der Waals surface area contributed by atoms with Gasteiger partial charge in [-0.1, -0.05) is 17.7 Å². The zero-order valence-corrected chi connectivity index (χ0v) is 11.9. The van der Waals surface area contributed by atoms with E-state index in [0.29, 0.717) is 35.3 Å². The van der Waals surface area contributed by atoms with Gasteiger partial charge in [0.2, 0.25) is 0 Å². The average molecular weight is 294 g/mol. The summed E-state index contributed by atoms with van der Waals surface area (Å²) in [5.74, 6) is 0.438. The van der Waals surface area contributed by atoms with Crippen LogP contribution in [-0.2, 0) is 7.05 Å². The molecule has 0 fully saturated rings. The van der Waals surface area contributed by atoms with Gasteiger partial charge < -0.3 is 20.4 Å². The molecule has 20 heavy (non-hydrogen) atoms. The van der Waals surface area contributed by atoms with Crippen molar-refractivity contribution in [3.05, 3.63) is 47.2 Å². The maximum Gasteiger partial charge on any atom is 0.272 e. The molecule has 0 atom stereocenters. The quantitative estimate of drug-likeness (QED) is 0.888. The second-order valence-electron chi connectivity index (χ2n) is 4.27. The fourth-order valence-electron chi connectivity index (χ4n) is 1.79. The van der Waals surface area contributed by atoms with Crippen LogP contribution in [-0.4, -0.2) is 23.6 Å². The Morgan fingerprint density at radius 1 is 1.45 bits per heavy atom. The largest absolute Gasteiger partial charge is 0.492 e. The van der Waals surface area contributed by atoms with E-state index in [-0.39, 0.29) is 5.91 Å². The van der Waals surface area contributed by atoms with Crippen LogP contribution in [0.25, 0.3) is 0 Å². The molecule has 0 aliphatic rings. The molecule has 1 amide bonds. The number of hydrogen-bond donors (Lipinski definition) is 2. The minimum atomic E-state index is -0.227. The highest BCUT2D eigenvalue weighted by atomic mass is 35.5. The molecule has 1 heterocycles. The van der Waals surface area contributed by atoms with E-state index < -0.39 is 0 Å². The molecule has 0 aliphatic carbocycles. The molecule has 1 aromatic heterocycles. The Labute approximate surface area is 122 Å². The molecule has 0 bridgehead atoms. The Hall–Kier alpha value is -1.98. The maximum absolute atomic E-state index is 12.1. The summed E-state index contributed by atoms with van der Waals surface area (Å²) in [4.78, 5) is 12.1. The number of halogens is 1. The number of rotatable bonds is 5. The minimum Gasteiger partial charge on any atom is -0.492 e. The van der Waals surface area contributed by atoms with Crippen molar-refractivity contribution in [2.75, 3.05) is 18.5 Å². The summed E-state index contributed by atoms with van der Waals surface area (Å²) in [6, 6.07) is 8.77. The van der Waals surface area contributed by atoms with Gasteiger partial charge in [-0.2, -0.15) is 0 Å². The molecular formula is C14H16ClN3O2. The number of amides is 1. The number of aryl methyl sites for hydroxylation is 1. The molecule has 5 nitrogen and oxygen atoms in total. The van der Waals surface area contributed by atoms with Crippen LogP contribution in [0, 0.1) is 0 Å². The van der Waals surface area contributed by atoms with Gasteiger partial charge in [0.05, 0.1) is 5.02 Å². The van der Waals surface area contributed by atoms with Crippen LogP contribution in [0.4, 0.5) is 5.69 Å². The monoisotopic (exact) mass is 293 g/mol. The van der Waals surface area contributed by atoms with Crippen molar-refractivity contribution in [2.45, 2.75) is 0 Å². The molecule has 0 unspecified atom stereocenters. The van der Waals surface area contributed by atoms with Gasteiger partial charge in [0.25, 0.3) is 5.91 Å². The van der Waals surface area contributed by atoms with E-state index in [0.717, 1.165) is 0 Å².